The lowest BCUT2D eigenvalue weighted by Crippen LogP contribution is -2.17. The van der Waals surface area contributed by atoms with Gasteiger partial charge in [-0.15, -0.1) is 21.5 Å². The van der Waals surface area contributed by atoms with E-state index in [1.165, 1.54) is 28.0 Å². The third-order valence-electron chi connectivity index (χ3n) is 6.04. The van der Waals surface area contributed by atoms with Crippen molar-refractivity contribution in [3.8, 4) is 5.75 Å². The summed E-state index contributed by atoms with van der Waals surface area (Å²) >= 11 is 6.24. The maximum absolute atomic E-state index is 12.9. The topological polar surface area (TPSA) is 95.3 Å². The van der Waals surface area contributed by atoms with Crippen molar-refractivity contribution >= 4 is 55.9 Å². The fourth-order valence-corrected chi connectivity index (χ4v) is 6.68. The highest BCUT2D eigenvalue weighted by Crippen LogP contribution is 2.38. The van der Waals surface area contributed by atoms with E-state index in [9.17, 15) is 9.59 Å². The Labute approximate surface area is 233 Å². The molecule has 8 nitrogen and oxygen atoms in total. The van der Waals surface area contributed by atoms with E-state index in [4.69, 9.17) is 9.47 Å². The van der Waals surface area contributed by atoms with Crippen molar-refractivity contribution in [2.24, 2.45) is 0 Å². The molecule has 0 bridgehead atoms. The smallest absolute Gasteiger partial charge is 0.341 e. The monoisotopic (exact) mass is 606 g/mol. The van der Waals surface area contributed by atoms with Crippen LogP contribution in [0.4, 0.5) is 5.00 Å². The first kappa shape index (κ1) is 27.7. The number of hydrogen-bond acceptors (Lipinski definition) is 8. The van der Waals surface area contributed by atoms with E-state index in [-0.39, 0.29) is 23.7 Å². The molecule has 198 valence electrons. The molecular weight excluding hydrogens is 576 g/mol. The van der Waals surface area contributed by atoms with Gasteiger partial charge in [-0.2, -0.15) is 0 Å². The van der Waals surface area contributed by atoms with E-state index in [0.717, 1.165) is 47.9 Å². The zero-order valence-electron chi connectivity index (χ0n) is 21.2. The molecule has 0 saturated heterocycles. The van der Waals surface area contributed by atoms with Crippen LogP contribution in [0.15, 0.2) is 33.9 Å². The molecule has 1 atom stereocenters. The summed E-state index contributed by atoms with van der Waals surface area (Å²) < 4.78 is 14.3. The number of esters is 1. The van der Waals surface area contributed by atoms with Crippen molar-refractivity contribution in [1.82, 2.24) is 14.8 Å². The Balaban J connectivity index is 1.43. The molecule has 1 aromatic carbocycles. The lowest BCUT2D eigenvalue weighted by molar-refractivity contribution is -0.113. The van der Waals surface area contributed by atoms with E-state index < -0.39 is 0 Å². The van der Waals surface area contributed by atoms with Gasteiger partial charge in [-0.1, -0.05) is 34.1 Å². The highest BCUT2D eigenvalue weighted by molar-refractivity contribution is 9.10. The van der Waals surface area contributed by atoms with Crippen LogP contribution in [-0.2, 0) is 28.9 Å². The summed E-state index contributed by atoms with van der Waals surface area (Å²) in [4.78, 5) is 26.9. The molecule has 1 N–H and O–H groups in total. The molecule has 3 aromatic rings. The van der Waals surface area contributed by atoms with Crippen LogP contribution in [0.2, 0.25) is 0 Å². The van der Waals surface area contributed by atoms with Crippen molar-refractivity contribution < 1.29 is 19.1 Å². The molecule has 11 heteroatoms. The van der Waals surface area contributed by atoms with Crippen LogP contribution in [0.25, 0.3) is 0 Å². The fourth-order valence-electron chi connectivity index (χ4n) is 4.32. The number of benzene rings is 1. The maximum atomic E-state index is 12.9. The van der Waals surface area contributed by atoms with E-state index in [1.54, 1.807) is 6.92 Å². The first-order chi connectivity index (χ1) is 17.9. The van der Waals surface area contributed by atoms with Crippen LogP contribution < -0.4 is 10.1 Å². The van der Waals surface area contributed by atoms with E-state index in [1.807, 2.05) is 42.7 Å². The van der Waals surface area contributed by atoms with E-state index in [2.05, 4.69) is 31.4 Å². The van der Waals surface area contributed by atoms with Gasteiger partial charge in [-0.05, 0) is 76.3 Å². The van der Waals surface area contributed by atoms with Gasteiger partial charge in [0.25, 0.3) is 0 Å². The number of nitrogens with one attached hydrogen (secondary N) is 1. The summed E-state index contributed by atoms with van der Waals surface area (Å²) in [5, 5.41) is 12.9. The highest BCUT2D eigenvalue weighted by Gasteiger charge is 2.27. The normalized spacial score (nSPS) is 13.9. The molecule has 0 radical (unpaired) electrons. The van der Waals surface area contributed by atoms with Gasteiger partial charge >= 0.3 is 5.97 Å². The number of amides is 1. The van der Waals surface area contributed by atoms with Crippen molar-refractivity contribution in [3.05, 3.63) is 50.6 Å². The maximum Gasteiger partial charge on any atom is 0.341 e. The van der Waals surface area contributed by atoms with Crippen molar-refractivity contribution in [3.63, 3.8) is 0 Å². The van der Waals surface area contributed by atoms with Gasteiger partial charge < -0.3 is 19.4 Å². The molecule has 1 aliphatic carbocycles. The molecule has 1 unspecified atom stereocenters. The van der Waals surface area contributed by atoms with Crippen LogP contribution in [0.5, 0.6) is 5.75 Å². The molecule has 4 rings (SSSR count). The summed E-state index contributed by atoms with van der Waals surface area (Å²) in [6.45, 7) is 6.67. The number of aryl methyl sites for hydroxylation is 1. The number of carbonyl (C=O) groups excluding carboxylic acids is 2. The molecule has 1 aliphatic rings. The molecule has 0 fully saturated rings. The van der Waals surface area contributed by atoms with Gasteiger partial charge in [-0.25, -0.2) is 4.79 Å². The Bertz CT molecular complexity index is 1240. The minimum absolute atomic E-state index is 0.144. The molecule has 0 saturated carbocycles. The number of aromatic nitrogens is 3. The lowest BCUT2D eigenvalue weighted by atomic mass is 10.1. The number of nitrogens with zero attached hydrogens (tertiary/aromatic N) is 3. The average Bonchev–Trinajstić information content (AvgIpc) is 3.37. The Morgan fingerprint density at radius 1 is 1.16 bits per heavy atom. The van der Waals surface area contributed by atoms with Gasteiger partial charge in [-0.3, -0.25) is 4.79 Å². The standard InChI is InChI=1S/C26H31BrN4O4S2/c1-4-31-23(16(3)35-18-13-11-17(27)12-14-18)29-30-26(31)36-15-21(32)28-24-22(25(33)34-5-2)19-9-7-6-8-10-20(19)37-24/h11-14,16H,4-10,15H2,1-3H3,(H,28,32). The summed E-state index contributed by atoms with van der Waals surface area (Å²) in [5.41, 5.74) is 1.57. The van der Waals surface area contributed by atoms with Crippen LogP contribution in [-0.4, -0.2) is 39.0 Å². The second-order valence-electron chi connectivity index (χ2n) is 8.62. The van der Waals surface area contributed by atoms with Gasteiger partial charge in [0, 0.05) is 15.9 Å². The molecule has 1 amide bonds. The Kier molecular flexibility index (Phi) is 9.66. The predicted molar refractivity (Wildman–Crippen MR) is 150 cm³/mol. The van der Waals surface area contributed by atoms with Gasteiger partial charge in [0.1, 0.15) is 10.8 Å². The van der Waals surface area contributed by atoms with Gasteiger partial charge in [0.15, 0.2) is 17.1 Å². The van der Waals surface area contributed by atoms with Crippen LogP contribution in [0, 0.1) is 0 Å². The lowest BCUT2D eigenvalue weighted by Gasteiger charge is -2.15. The summed E-state index contributed by atoms with van der Waals surface area (Å²) in [6, 6.07) is 7.63. The number of fused-ring (bicyclic) bond motifs is 1. The van der Waals surface area contributed by atoms with Crippen LogP contribution >= 0.6 is 39.0 Å². The van der Waals surface area contributed by atoms with Gasteiger partial charge in [0.2, 0.25) is 5.91 Å². The zero-order valence-corrected chi connectivity index (χ0v) is 24.4. The Hall–Kier alpha value is -2.37. The van der Waals surface area contributed by atoms with Crippen LogP contribution in [0.1, 0.15) is 72.8 Å². The first-order valence-corrected chi connectivity index (χ1v) is 15.1. The third-order valence-corrected chi connectivity index (χ3v) is 8.74. The van der Waals surface area contributed by atoms with Crippen molar-refractivity contribution in [2.45, 2.75) is 70.7 Å². The molecule has 0 aliphatic heterocycles. The second-order valence-corrected chi connectivity index (χ2v) is 11.6. The number of thioether (sulfide) groups is 1. The van der Waals surface area contributed by atoms with E-state index in [0.29, 0.717) is 34.7 Å². The zero-order chi connectivity index (χ0) is 26.4. The molecule has 37 heavy (non-hydrogen) atoms. The number of anilines is 1. The molecular formula is C26H31BrN4O4S2. The Morgan fingerprint density at radius 3 is 2.65 bits per heavy atom. The Morgan fingerprint density at radius 2 is 1.92 bits per heavy atom. The largest absolute Gasteiger partial charge is 0.483 e. The molecule has 2 heterocycles. The summed E-state index contributed by atoms with van der Waals surface area (Å²) in [7, 11) is 0. The number of thiophene rings is 1. The predicted octanol–water partition coefficient (Wildman–Crippen LogP) is 6.44. The van der Waals surface area contributed by atoms with Crippen molar-refractivity contribution in [1.29, 1.82) is 0 Å². The SMILES string of the molecule is CCOC(=O)c1c(NC(=O)CSc2nnc(C(C)Oc3ccc(Br)cc3)n2CC)sc2c1CCCCC2. The average molecular weight is 608 g/mol. The number of carbonyl (C=O) groups is 2. The van der Waals surface area contributed by atoms with Crippen molar-refractivity contribution in [2.75, 3.05) is 17.7 Å². The summed E-state index contributed by atoms with van der Waals surface area (Å²) in [5.74, 6) is 1.02. The number of ether oxygens (including phenoxy) is 2. The number of hydrogen-bond donors (Lipinski definition) is 1. The summed E-state index contributed by atoms with van der Waals surface area (Å²) in [6.07, 6.45) is 4.74. The van der Waals surface area contributed by atoms with E-state index >= 15 is 0 Å². The van der Waals surface area contributed by atoms with Crippen LogP contribution in [0.3, 0.4) is 0 Å². The highest BCUT2D eigenvalue weighted by atomic mass is 79.9. The first-order valence-electron chi connectivity index (χ1n) is 12.5. The number of rotatable bonds is 10. The fraction of sp³-hybridized carbons (Fsp3) is 0.462. The van der Waals surface area contributed by atoms with Gasteiger partial charge in [0.05, 0.1) is 17.9 Å². The minimum atomic E-state index is -0.361. The second kappa shape index (κ2) is 12.9. The quantitative estimate of drug-likeness (QED) is 0.161. The third kappa shape index (κ3) is 6.74. The molecule has 0 spiro atoms. The minimum Gasteiger partial charge on any atom is -0.483 e. The number of halogens is 1. The molecule has 2 aromatic heterocycles.